The molecule has 0 aliphatic carbocycles. The fourth-order valence-electron chi connectivity index (χ4n) is 3.01. The van der Waals surface area contributed by atoms with Gasteiger partial charge in [-0.15, -0.1) is 0 Å². The van der Waals surface area contributed by atoms with Gasteiger partial charge in [-0.3, -0.25) is 10.1 Å². The van der Waals surface area contributed by atoms with Gasteiger partial charge in [-0.05, 0) is 52.7 Å². The molecule has 0 radical (unpaired) electrons. The van der Waals surface area contributed by atoms with Gasteiger partial charge in [-0.25, -0.2) is 0 Å². The molecular formula is C23H14N2O3. The van der Waals surface area contributed by atoms with Crippen molar-refractivity contribution in [3.8, 4) is 17.4 Å². The molecule has 4 rings (SSSR count). The highest BCUT2D eigenvalue weighted by Gasteiger charge is 2.09. The third-order valence-electron chi connectivity index (χ3n) is 4.46. The number of nitro groups is 1. The van der Waals surface area contributed by atoms with Gasteiger partial charge in [0, 0.05) is 17.7 Å². The molecule has 0 amide bonds. The summed E-state index contributed by atoms with van der Waals surface area (Å²) in [5.74, 6) is 1.12. The molecule has 28 heavy (non-hydrogen) atoms. The van der Waals surface area contributed by atoms with E-state index in [2.05, 4.69) is 6.07 Å². The van der Waals surface area contributed by atoms with E-state index >= 15 is 0 Å². The lowest BCUT2D eigenvalue weighted by molar-refractivity contribution is -0.384. The summed E-state index contributed by atoms with van der Waals surface area (Å²) in [5.41, 5.74) is 2.07. The summed E-state index contributed by atoms with van der Waals surface area (Å²) < 4.78 is 5.81. The first kappa shape index (κ1) is 17.3. The van der Waals surface area contributed by atoms with Crippen molar-refractivity contribution in [2.24, 2.45) is 0 Å². The van der Waals surface area contributed by atoms with Crippen LogP contribution in [-0.4, -0.2) is 4.92 Å². The molecule has 0 fully saturated rings. The van der Waals surface area contributed by atoms with Crippen LogP contribution in [0.25, 0.3) is 33.7 Å². The van der Waals surface area contributed by atoms with Crippen LogP contribution in [0.5, 0.6) is 0 Å². The van der Waals surface area contributed by atoms with Crippen molar-refractivity contribution in [3.05, 3.63) is 100 Å². The molecule has 0 aliphatic heterocycles. The number of hydrogen-bond acceptors (Lipinski definition) is 4. The molecule has 0 atom stereocenters. The minimum atomic E-state index is -0.442. The molecular weight excluding hydrogens is 352 g/mol. The lowest BCUT2D eigenvalue weighted by Gasteiger charge is -2.02. The van der Waals surface area contributed by atoms with E-state index in [-0.39, 0.29) is 5.69 Å². The number of benzene rings is 3. The number of fused-ring (bicyclic) bond motifs is 1. The predicted molar refractivity (Wildman–Crippen MR) is 108 cm³/mol. The molecule has 0 unspecified atom stereocenters. The van der Waals surface area contributed by atoms with Crippen LogP contribution < -0.4 is 0 Å². The Labute approximate surface area is 160 Å². The van der Waals surface area contributed by atoms with Crippen LogP contribution in [0.1, 0.15) is 11.3 Å². The normalized spacial score (nSPS) is 11.3. The maximum Gasteiger partial charge on any atom is 0.269 e. The van der Waals surface area contributed by atoms with Crippen molar-refractivity contribution < 1.29 is 9.34 Å². The second-order valence-electron chi connectivity index (χ2n) is 6.24. The number of nitrogens with zero attached hydrogens (tertiary/aromatic N) is 2. The summed E-state index contributed by atoms with van der Waals surface area (Å²) in [4.78, 5) is 10.3. The predicted octanol–water partition coefficient (Wildman–Crippen LogP) is 6.07. The van der Waals surface area contributed by atoms with E-state index in [1.54, 1.807) is 30.3 Å². The first-order valence-electron chi connectivity index (χ1n) is 8.60. The number of nitriles is 1. The molecule has 5 heteroatoms. The Balaban J connectivity index is 1.65. The third-order valence-corrected chi connectivity index (χ3v) is 4.46. The van der Waals surface area contributed by atoms with E-state index in [1.165, 1.54) is 12.1 Å². The summed E-state index contributed by atoms with van der Waals surface area (Å²) in [7, 11) is 0. The molecule has 1 aromatic heterocycles. The molecule has 3 aromatic carbocycles. The van der Waals surface area contributed by atoms with E-state index < -0.39 is 4.92 Å². The molecule has 0 saturated carbocycles. The SMILES string of the molecule is N#C/C(=C\c1ccc(-c2ccc([N+](=O)[O-])cc2)o1)c1ccc2ccccc2c1. The van der Waals surface area contributed by atoms with Gasteiger partial charge >= 0.3 is 0 Å². The van der Waals surface area contributed by atoms with Crippen molar-refractivity contribution in [2.75, 3.05) is 0 Å². The van der Waals surface area contributed by atoms with Gasteiger partial charge in [0.25, 0.3) is 5.69 Å². The molecule has 0 saturated heterocycles. The molecule has 5 nitrogen and oxygen atoms in total. The van der Waals surface area contributed by atoms with E-state index in [0.717, 1.165) is 21.9 Å². The van der Waals surface area contributed by atoms with E-state index in [1.807, 2.05) is 42.5 Å². The van der Waals surface area contributed by atoms with Crippen LogP contribution >= 0.6 is 0 Å². The number of nitro benzene ring substituents is 1. The molecule has 0 bridgehead atoms. The monoisotopic (exact) mass is 366 g/mol. The Bertz CT molecular complexity index is 1240. The highest BCUT2D eigenvalue weighted by Crippen LogP contribution is 2.27. The third kappa shape index (κ3) is 3.39. The molecule has 134 valence electrons. The van der Waals surface area contributed by atoms with Crippen molar-refractivity contribution in [3.63, 3.8) is 0 Å². The number of hydrogen-bond donors (Lipinski definition) is 0. The average Bonchev–Trinajstić information content (AvgIpc) is 3.20. The van der Waals surface area contributed by atoms with Gasteiger partial charge < -0.3 is 4.42 Å². The molecule has 4 aromatic rings. The van der Waals surface area contributed by atoms with E-state index in [9.17, 15) is 15.4 Å². The Kier molecular flexibility index (Phi) is 4.45. The summed E-state index contributed by atoms with van der Waals surface area (Å²) in [6.45, 7) is 0. The molecule has 1 heterocycles. The van der Waals surface area contributed by atoms with Crippen molar-refractivity contribution in [2.45, 2.75) is 0 Å². The fourth-order valence-corrected chi connectivity index (χ4v) is 3.01. The van der Waals surface area contributed by atoms with Gasteiger partial charge in [-0.2, -0.15) is 5.26 Å². The largest absolute Gasteiger partial charge is 0.457 e. The van der Waals surface area contributed by atoms with Crippen molar-refractivity contribution in [1.29, 1.82) is 5.26 Å². The van der Waals surface area contributed by atoms with Gasteiger partial charge in [0.15, 0.2) is 0 Å². The van der Waals surface area contributed by atoms with E-state index in [0.29, 0.717) is 17.1 Å². The molecule has 0 N–H and O–H groups in total. The first-order chi connectivity index (χ1) is 13.6. The zero-order valence-electron chi connectivity index (χ0n) is 14.7. The number of non-ortho nitro benzene ring substituents is 1. The summed E-state index contributed by atoms with van der Waals surface area (Å²) in [5, 5.41) is 22.5. The average molecular weight is 366 g/mol. The van der Waals surface area contributed by atoms with Crippen LogP contribution in [0.4, 0.5) is 5.69 Å². The molecule has 0 aliphatic rings. The van der Waals surface area contributed by atoms with Crippen LogP contribution in [-0.2, 0) is 0 Å². The minimum Gasteiger partial charge on any atom is -0.457 e. The Morgan fingerprint density at radius 2 is 1.71 bits per heavy atom. The smallest absolute Gasteiger partial charge is 0.269 e. The highest BCUT2D eigenvalue weighted by molar-refractivity contribution is 5.93. The topological polar surface area (TPSA) is 80.1 Å². The second kappa shape index (κ2) is 7.22. The van der Waals surface area contributed by atoms with Gasteiger partial charge in [0.2, 0.25) is 0 Å². The van der Waals surface area contributed by atoms with Crippen LogP contribution in [0, 0.1) is 21.4 Å². The Morgan fingerprint density at radius 1 is 0.964 bits per heavy atom. The highest BCUT2D eigenvalue weighted by atomic mass is 16.6. The maximum absolute atomic E-state index is 10.8. The summed E-state index contributed by atoms with van der Waals surface area (Å²) >= 11 is 0. The van der Waals surface area contributed by atoms with Crippen LogP contribution in [0.15, 0.2) is 83.3 Å². The second-order valence-corrected chi connectivity index (χ2v) is 6.24. The number of rotatable bonds is 4. The Hall–Kier alpha value is -4.17. The lowest BCUT2D eigenvalue weighted by atomic mass is 10.0. The van der Waals surface area contributed by atoms with Crippen LogP contribution in [0.3, 0.4) is 0 Å². The Morgan fingerprint density at radius 3 is 2.43 bits per heavy atom. The summed E-state index contributed by atoms with van der Waals surface area (Å²) in [6.07, 6.45) is 1.69. The minimum absolute atomic E-state index is 0.0264. The fraction of sp³-hybridized carbons (Fsp3) is 0. The lowest BCUT2D eigenvalue weighted by Crippen LogP contribution is -1.86. The zero-order valence-corrected chi connectivity index (χ0v) is 14.7. The van der Waals surface area contributed by atoms with Crippen LogP contribution in [0.2, 0.25) is 0 Å². The quantitative estimate of drug-likeness (QED) is 0.249. The number of furan rings is 1. The number of allylic oxidation sites excluding steroid dienone is 1. The standard InChI is InChI=1S/C23H14N2O3/c24-15-20(19-6-5-16-3-1-2-4-18(16)13-19)14-22-11-12-23(28-22)17-7-9-21(10-8-17)25(26)27/h1-14H/b20-14+. The van der Waals surface area contributed by atoms with Crippen molar-refractivity contribution in [1.82, 2.24) is 0 Å². The van der Waals surface area contributed by atoms with E-state index in [4.69, 9.17) is 4.42 Å². The van der Waals surface area contributed by atoms with Crippen molar-refractivity contribution >= 4 is 28.1 Å². The van der Waals surface area contributed by atoms with Gasteiger partial charge in [-0.1, -0.05) is 36.4 Å². The van der Waals surface area contributed by atoms with Gasteiger partial charge in [0.1, 0.15) is 11.5 Å². The maximum atomic E-state index is 10.8. The zero-order chi connectivity index (χ0) is 19.5. The molecule has 0 spiro atoms. The first-order valence-corrected chi connectivity index (χ1v) is 8.60. The van der Waals surface area contributed by atoms with Gasteiger partial charge in [0.05, 0.1) is 16.6 Å². The summed E-state index contributed by atoms with van der Waals surface area (Å²) in [6, 6.07) is 25.8.